The predicted octanol–water partition coefficient (Wildman–Crippen LogP) is 6.00. The molecule has 1 spiro atoms. The number of hydrogen-bond donors (Lipinski definition) is 2. The molecule has 5 aromatic carbocycles. The topological polar surface area (TPSA) is 161 Å². The summed E-state index contributed by atoms with van der Waals surface area (Å²) >= 11 is 0. The van der Waals surface area contributed by atoms with Gasteiger partial charge in [-0.15, -0.1) is 0 Å². The Morgan fingerprint density at radius 1 is 0.770 bits per heavy atom. The second kappa shape index (κ2) is 17.3. The van der Waals surface area contributed by atoms with Crippen LogP contribution in [0.2, 0.25) is 0 Å². The highest BCUT2D eigenvalue weighted by Crippen LogP contribution is 2.66. The van der Waals surface area contributed by atoms with E-state index in [1.54, 1.807) is 78.7 Å². The first-order valence-electron chi connectivity index (χ1n) is 19.7. The van der Waals surface area contributed by atoms with Gasteiger partial charge in [0, 0.05) is 23.8 Å². The molecule has 5 aromatic rings. The molecule has 6 atom stereocenters. The molecule has 3 aliphatic rings. The summed E-state index contributed by atoms with van der Waals surface area (Å²) < 4.78 is 28.5. The van der Waals surface area contributed by atoms with Crippen molar-refractivity contribution in [2.24, 2.45) is 5.92 Å². The van der Waals surface area contributed by atoms with Crippen molar-refractivity contribution in [2.45, 2.75) is 29.6 Å². The molecular weight excluding hydrogens is 781 g/mol. The number of carbonyl (C=O) groups excluding carboxylic acids is 3. The fourth-order valence-electron chi connectivity index (χ4n) is 9.00. The van der Waals surface area contributed by atoms with Crippen LogP contribution in [0.3, 0.4) is 0 Å². The molecule has 2 saturated heterocycles. The molecule has 0 unspecified atom stereocenters. The van der Waals surface area contributed by atoms with Crippen LogP contribution in [0.5, 0.6) is 11.5 Å². The number of aliphatic hydroxyl groups is 1. The summed E-state index contributed by atoms with van der Waals surface area (Å²) in [7, 11) is 3.00. The number of cyclic esters (lactones) is 1. The van der Waals surface area contributed by atoms with Crippen molar-refractivity contribution in [3.63, 3.8) is 0 Å². The Balaban J connectivity index is 1.44. The summed E-state index contributed by atoms with van der Waals surface area (Å²) in [5, 5.41) is 21.5. The second-order valence-electron chi connectivity index (χ2n) is 14.7. The molecular formula is C48H42N2O11. The number of aliphatic carboxylic acids is 1. The van der Waals surface area contributed by atoms with Gasteiger partial charge in [0.2, 0.25) is 5.91 Å². The molecule has 13 nitrogen and oxygen atoms in total. The number of carboxylic acids is 1. The van der Waals surface area contributed by atoms with Crippen molar-refractivity contribution in [3.8, 4) is 23.3 Å². The lowest BCUT2D eigenvalue weighted by Gasteiger charge is -2.46. The number of methoxy groups -OCH3 is 2. The Labute approximate surface area is 352 Å². The predicted molar refractivity (Wildman–Crippen MR) is 221 cm³/mol. The Kier molecular flexibility index (Phi) is 11.6. The largest absolute Gasteiger partial charge is 0.497 e. The van der Waals surface area contributed by atoms with E-state index in [1.165, 1.54) is 7.11 Å². The summed E-state index contributed by atoms with van der Waals surface area (Å²) in [6.45, 7) is -0.648. The molecule has 0 saturated carbocycles. The van der Waals surface area contributed by atoms with Crippen molar-refractivity contribution in [1.29, 1.82) is 0 Å². The van der Waals surface area contributed by atoms with Crippen LogP contribution in [0.15, 0.2) is 127 Å². The number of amides is 2. The average molecular weight is 823 g/mol. The number of anilines is 1. The average Bonchev–Trinajstić information content (AvgIpc) is 3.74. The zero-order valence-electron chi connectivity index (χ0n) is 33.3. The molecule has 2 N–H and O–H groups in total. The van der Waals surface area contributed by atoms with Gasteiger partial charge < -0.3 is 33.9 Å². The number of fused-ring (bicyclic) bond motifs is 3. The van der Waals surface area contributed by atoms with Gasteiger partial charge in [0.1, 0.15) is 48.2 Å². The number of carbonyl (C=O) groups is 4. The van der Waals surface area contributed by atoms with Crippen LogP contribution in [-0.2, 0) is 34.0 Å². The Hall–Kier alpha value is -6.98. The molecule has 3 aliphatic heterocycles. The first-order valence-corrected chi connectivity index (χ1v) is 19.7. The van der Waals surface area contributed by atoms with Crippen molar-refractivity contribution >= 4 is 29.6 Å². The van der Waals surface area contributed by atoms with E-state index in [9.17, 15) is 24.6 Å². The lowest BCUT2D eigenvalue weighted by Crippen LogP contribution is -2.53. The van der Waals surface area contributed by atoms with Gasteiger partial charge in [-0.25, -0.2) is 9.69 Å². The van der Waals surface area contributed by atoms with Gasteiger partial charge in [-0.05, 0) is 65.2 Å². The number of benzene rings is 5. The number of morpholine rings is 1. The maximum atomic E-state index is 15.9. The Morgan fingerprint density at radius 3 is 2.10 bits per heavy atom. The van der Waals surface area contributed by atoms with Crippen molar-refractivity contribution < 1.29 is 53.1 Å². The SMILES string of the molecule is COCCOC(=O)N1C(=O)[C@@]2(c3cc(C#Cc4ccc(OC)cc4)ccc31)[C@H](C(=O)O)[C@H]1C(=O)O[C@H](c3ccccc3)[C@H](c3ccccc3)N1[C@@H]2c1ccccc1OCCO. The van der Waals surface area contributed by atoms with E-state index < -0.39 is 59.5 Å². The third-order valence-corrected chi connectivity index (χ3v) is 11.4. The maximum Gasteiger partial charge on any atom is 0.421 e. The number of rotatable bonds is 11. The monoisotopic (exact) mass is 822 g/mol. The van der Waals surface area contributed by atoms with Crippen LogP contribution in [-0.4, -0.2) is 85.7 Å². The number of nitrogens with zero attached hydrogens (tertiary/aromatic N) is 2. The number of para-hydroxylation sites is 1. The fourth-order valence-corrected chi connectivity index (χ4v) is 9.00. The van der Waals surface area contributed by atoms with Gasteiger partial charge in [0.15, 0.2) is 0 Å². The number of esters is 1. The number of aliphatic hydroxyl groups excluding tert-OH is 1. The van der Waals surface area contributed by atoms with Gasteiger partial charge in [-0.2, -0.15) is 0 Å². The van der Waals surface area contributed by atoms with Gasteiger partial charge in [-0.3, -0.25) is 19.3 Å². The van der Waals surface area contributed by atoms with Gasteiger partial charge >= 0.3 is 18.0 Å². The number of ether oxygens (including phenoxy) is 5. The summed E-state index contributed by atoms with van der Waals surface area (Å²) in [5.74, 6) is 2.05. The molecule has 0 aromatic heterocycles. The van der Waals surface area contributed by atoms with Crippen LogP contribution in [0.1, 0.15) is 51.6 Å². The van der Waals surface area contributed by atoms with Gasteiger partial charge in [-0.1, -0.05) is 90.7 Å². The number of carboxylic acid groups (broad SMARTS) is 1. The molecule has 61 heavy (non-hydrogen) atoms. The molecule has 2 amide bonds. The van der Waals surface area contributed by atoms with Gasteiger partial charge in [0.25, 0.3) is 0 Å². The number of hydrogen-bond acceptors (Lipinski definition) is 11. The standard InChI is InChI=1S/C48H42N2O11/c1-57-27-28-60-47(56)49-37-24-21-31(18-17-30-19-22-34(58-2)23-20-30)29-36(37)48(46(49)55)39(44(52)53)41-45(54)61-42(33-13-7-4-8-14-33)40(32-11-5-3-6-12-32)50(41)43(48)35-15-9-10-16-38(35)59-26-25-51/h3-16,19-24,29,39-43,51H,25-28H2,1-2H3,(H,52,53)/t39-,40-,41-,42+,43+,48-/m0/s1. The number of imide groups is 1. The first-order chi connectivity index (χ1) is 29.7. The minimum Gasteiger partial charge on any atom is -0.497 e. The van der Waals surface area contributed by atoms with Crippen LogP contribution < -0.4 is 14.4 Å². The zero-order valence-corrected chi connectivity index (χ0v) is 33.3. The highest BCUT2D eigenvalue weighted by Gasteiger charge is 2.76. The summed E-state index contributed by atoms with van der Waals surface area (Å²) in [5.41, 5.74) is 0.699. The van der Waals surface area contributed by atoms with Gasteiger partial charge in [0.05, 0.1) is 38.1 Å². The molecule has 8 rings (SSSR count). The molecule has 0 aliphatic carbocycles. The van der Waals surface area contributed by atoms with Crippen LogP contribution >= 0.6 is 0 Å². The molecule has 0 radical (unpaired) electrons. The van der Waals surface area contributed by atoms with E-state index in [0.717, 1.165) is 4.90 Å². The third kappa shape index (κ3) is 7.14. The van der Waals surface area contributed by atoms with E-state index in [-0.39, 0.29) is 43.4 Å². The molecule has 3 heterocycles. The quantitative estimate of drug-likeness (QED) is 0.0910. The lowest BCUT2D eigenvalue weighted by atomic mass is 9.65. The van der Waals surface area contributed by atoms with E-state index >= 15 is 4.79 Å². The Morgan fingerprint density at radius 2 is 1.43 bits per heavy atom. The highest BCUT2D eigenvalue weighted by molar-refractivity contribution is 6.23. The van der Waals surface area contributed by atoms with Crippen molar-refractivity contribution in [2.75, 3.05) is 45.5 Å². The molecule has 13 heteroatoms. The van der Waals surface area contributed by atoms with E-state index in [0.29, 0.717) is 33.6 Å². The smallest absolute Gasteiger partial charge is 0.421 e. The van der Waals surface area contributed by atoms with Crippen molar-refractivity contribution in [1.82, 2.24) is 4.90 Å². The van der Waals surface area contributed by atoms with Crippen molar-refractivity contribution in [3.05, 3.63) is 161 Å². The normalized spacial score (nSPS) is 22.7. The van der Waals surface area contributed by atoms with Crippen LogP contribution in [0.25, 0.3) is 0 Å². The lowest BCUT2D eigenvalue weighted by molar-refractivity contribution is -0.179. The summed E-state index contributed by atoms with van der Waals surface area (Å²) in [4.78, 5) is 61.8. The molecule has 2 fully saturated rings. The fraction of sp³-hybridized carbons (Fsp3) is 0.250. The van der Waals surface area contributed by atoms with E-state index in [2.05, 4.69) is 11.8 Å². The van der Waals surface area contributed by atoms with E-state index in [4.69, 9.17) is 23.7 Å². The molecule has 310 valence electrons. The van der Waals surface area contributed by atoms with Crippen LogP contribution in [0, 0.1) is 17.8 Å². The van der Waals surface area contributed by atoms with E-state index in [1.807, 2.05) is 60.7 Å². The Bertz CT molecular complexity index is 2500. The maximum absolute atomic E-state index is 15.9. The second-order valence-corrected chi connectivity index (χ2v) is 14.7. The first kappa shape index (κ1) is 40.8. The van der Waals surface area contributed by atoms with Crippen LogP contribution in [0.4, 0.5) is 10.5 Å². The summed E-state index contributed by atoms with van der Waals surface area (Å²) in [6, 6.07) is 33.3. The minimum atomic E-state index is -2.22. The zero-order chi connectivity index (χ0) is 42.7. The molecule has 0 bridgehead atoms. The highest BCUT2D eigenvalue weighted by atomic mass is 16.6. The summed E-state index contributed by atoms with van der Waals surface area (Å²) in [6.07, 6.45) is -2.03. The minimum absolute atomic E-state index is 0.0307. The third-order valence-electron chi connectivity index (χ3n) is 11.4.